The lowest BCUT2D eigenvalue weighted by molar-refractivity contribution is -0.150. The van der Waals surface area contributed by atoms with Gasteiger partial charge >= 0.3 is 11.9 Å². The first-order valence-electron chi connectivity index (χ1n) is 6.10. The fraction of sp³-hybridized carbons (Fsp3) is 0.429. The smallest absolute Gasteiger partial charge is 0.313 e. The number of hydrogen-bond acceptors (Lipinski definition) is 4. The number of carbonyl (C=O) groups is 2. The van der Waals surface area contributed by atoms with Crippen LogP contribution in [-0.2, 0) is 25.5 Å². The molecule has 0 amide bonds. The minimum Gasteiger partial charge on any atom is -0.466 e. The average Bonchev–Trinajstić information content (AvgIpc) is 2.72. The Morgan fingerprint density at radius 3 is 2.78 bits per heavy atom. The molecule has 0 radical (unpaired) electrons. The van der Waals surface area contributed by atoms with Crippen molar-refractivity contribution in [3.05, 3.63) is 35.9 Å². The van der Waals surface area contributed by atoms with Gasteiger partial charge in [-0.05, 0) is 12.5 Å². The minimum absolute atomic E-state index is 0.121. The van der Waals surface area contributed by atoms with E-state index < -0.39 is 12.0 Å². The van der Waals surface area contributed by atoms with Crippen LogP contribution >= 0.6 is 0 Å². The third kappa shape index (κ3) is 2.88. The summed E-state index contributed by atoms with van der Waals surface area (Å²) in [7, 11) is 0. The SMILES string of the molecule is CCOC(=O)[C@H]1CC(=O)O[C@H]1Cc1ccccc1. The van der Waals surface area contributed by atoms with Crippen molar-refractivity contribution in [3.63, 3.8) is 0 Å². The highest BCUT2D eigenvalue weighted by atomic mass is 16.6. The molecule has 4 nitrogen and oxygen atoms in total. The van der Waals surface area contributed by atoms with Crippen LogP contribution in [0.25, 0.3) is 0 Å². The van der Waals surface area contributed by atoms with Gasteiger partial charge in [-0.15, -0.1) is 0 Å². The normalized spacial score (nSPS) is 22.6. The molecular formula is C14H16O4. The third-order valence-corrected chi connectivity index (χ3v) is 2.99. The van der Waals surface area contributed by atoms with Gasteiger partial charge in [0.05, 0.1) is 13.0 Å². The van der Waals surface area contributed by atoms with E-state index in [0.717, 1.165) is 5.56 Å². The Balaban J connectivity index is 2.05. The first kappa shape index (κ1) is 12.6. The molecule has 0 aromatic heterocycles. The number of carbonyl (C=O) groups excluding carboxylic acids is 2. The minimum atomic E-state index is -0.474. The summed E-state index contributed by atoms with van der Waals surface area (Å²) in [6.07, 6.45) is 0.269. The number of rotatable bonds is 4. The van der Waals surface area contributed by atoms with Gasteiger partial charge in [0.15, 0.2) is 0 Å². The number of esters is 2. The molecule has 0 aliphatic carbocycles. The lowest BCUT2D eigenvalue weighted by atomic mass is 9.96. The van der Waals surface area contributed by atoms with Crippen LogP contribution in [0.4, 0.5) is 0 Å². The maximum Gasteiger partial charge on any atom is 0.313 e. The highest BCUT2D eigenvalue weighted by Gasteiger charge is 2.40. The van der Waals surface area contributed by atoms with E-state index in [1.165, 1.54) is 0 Å². The number of cyclic esters (lactones) is 1. The van der Waals surface area contributed by atoms with Gasteiger partial charge in [0, 0.05) is 6.42 Å². The van der Waals surface area contributed by atoms with Crippen molar-refractivity contribution < 1.29 is 19.1 Å². The third-order valence-electron chi connectivity index (χ3n) is 2.99. The molecule has 0 N–H and O–H groups in total. The van der Waals surface area contributed by atoms with E-state index in [1.54, 1.807) is 6.92 Å². The lowest BCUT2D eigenvalue weighted by Crippen LogP contribution is -2.28. The zero-order valence-electron chi connectivity index (χ0n) is 10.3. The largest absolute Gasteiger partial charge is 0.466 e. The molecule has 2 atom stereocenters. The van der Waals surface area contributed by atoms with Crippen molar-refractivity contribution in [1.82, 2.24) is 0 Å². The zero-order valence-corrected chi connectivity index (χ0v) is 10.3. The Hall–Kier alpha value is -1.84. The van der Waals surface area contributed by atoms with Crippen molar-refractivity contribution in [3.8, 4) is 0 Å². The molecule has 4 heteroatoms. The molecule has 1 aromatic carbocycles. The van der Waals surface area contributed by atoms with Gasteiger partial charge < -0.3 is 9.47 Å². The molecule has 1 aliphatic heterocycles. The van der Waals surface area contributed by atoms with Crippen LogP contribution in [0.15, 0.2) is 30.3 Å². The molecule has 0 bridgehead atoms. The van der Waals surface area contributed by atoms with Gasteiger partial charge in [0.25, 0.3) is 0 Å². The van der Waals surface area contributed by atoms with Crippen LogP contribution in [0.3, 0.4) is 0 Å². The van der Waals surface area contributed by atoms with E-state index in [-0.39, 0.29) is 18.4 Å². The summed E-state index contributed by atoms with van der Waals surface area (Å²) in [5.74, 6) is -1.14. The predicted octanol–water partition coefficient (Wildman–Crippen LogP) is 1.72. The second kappa shape index (κ2) is 5.67. The van der Waals surface area contributed by atoms with Gasteiger partial charge in [-0.25, -0.2) is 0 Å². The first-order valence-corrected chi connectivity index (χ1v) is 6.10. The van der Waals surface area contributed by atoms with Crippen molar-refractivity contribution in [1.29, 1.82) is 0 Å². The number of benzene rings is 1. The lowest BCUT2D eigenvalue weighted by Gasteiger charge is -2.16. The summed E-state index contributed by atoms with van der Waals surface area (Å²) < 4.78 is 10.2. The summed E-state index contributed by atoms with van der Waals surface area (Å²) >= 11 is 0. The molecule has 96 valence electrons. The maximum absolute atomic E-state index is 11.7. The molecule has 18 heavy (non-hydrogen) atoms. The Morgan fingerprint density at radius 2 is 2.11 bits per heavy atom. The summed E-state index contributed by atoms with van der Waals surface area (Å²) in [6, 6.07) is 9.67. The van der Waals surface area contributed by atoms with Gasteiger partial charge in [-0.1, -0.05) is 30.3 Å². The van der Waals surface area contributed by atoms with Crippen LogP contribution < -0.4 is 0 Å². The standard InChI is InChI=1S/C14H16O4/c1-2-17-14(16)11-9-13(15)18-12(11)8-10-6-4-3-5-7-10/h3-7,11-12H,2,8-9H2,1H3/t11-,12-/m0/s1. The Labute approximate surface area is 106 Å². The van der Waals surface area contributed by atoms with Crippen molar-refractivity contribution >= 4 is 11.9 Å². The van der Waals surface area contributed by atoms with E-state index in [9.17, 15) is 9.59 Å². The fourth-order valence-electron chi connectivity index (χ4n) is 2.12. The Kier molecular flexibility index (Phi) is 3.97. The second-order valence-electron chi connectivity index (χ2n) is 4.28. The Morgan fingerprint density at radius 1 is 1.39 bits per heavy atom. The molecule has 1 fully saturated rings. The van der Waals surface area contributed by atoms with E-state index in [1.807, 2.05) is 30.3 Å². The average molecular weight is 248 g/mol. The summed E-state index contributed by atoms with van der Waals surface area (Å²) in [4.78, 5) is 23.1. The van der Waals surface area contributed by atoms with Crippen molar-refractivity contribution in [2.45, 2.75) is 25.9 Å². The number of ether oxygens (including phenoxy) is 2. The molecule has 2 rings (SSSR count). The van der Waals surface area contributed by atoms with Crippen molar-refractivity contribution in [2.24, 2.45) is 5.92 Å². The van der Waals surface area contributed by atoms with E-state index in [0.29, 0.717) is 13.0 Å². The van der Waals surface area contributed by atoms with Crippen LogP contribution in [0, 0.1) is 5.92 Å². The van der Waals surface area contributed by atoms with Crippen LogP contribution in [0.5, 0.6) is 0 Å². The quantitative estimate of drug-likeness (QED) is 0.761. The predicted molar refractivity (Wildman–Crippen MR) is 64.8 cm³/mol. The van der Waals surface area contributed by atoms with E-state index in [4.69, 9.17) is 9.47 Å². The number of hydrogen-bond donors (Lipinski definition) is 0. The molecule has 1 saturated heterocycles. The molecular weight excluding hydrogens is 232 g/mol. The first-order chi connectivity index (χ1) is 8.70. The summed E-state index contributed by atoms with van der Waals surface area (Å²) in [6.45, 7) is 2.07. The van der Waals surface area contributed by atoms with Crippen LogP contribution in [-0.4, -0.2) is 24.6 Å². The molecule has 0 saturated carbocycles. The van der Waals surface area contributed by atoms with Gasteiger partial charge in [-0.3, -0.25) is 9.59 Å². The van der Waals surface area contributed by atoms with E-state index in [2.05, 4.69) is 0 Å². The zero-order chi connectivity index (χ0) is 13.0. The monoisotopic (exact) mass is 248 g/mol. The van der Waals surface area contributed by atoms with Crippen molar-refractivity contribution in [2.75, 3.05) is 6.61 Å². The molecule has 1 aliphatic rings. The molecule has 1 heterocycles. The molecule has 1 aromatic rings. The Bertz CT molecular complexity index is 427. The highest BCUT2D eigenvalue weighted by molar-refractivity contribution is 5.83. The highest BCUT2D eigenvalue weighted by Crippen LogP contribution is 2.26. The van der Waals surface area contributed by atoms with Gasteiger partial charge in [-0.2, -0.15) is 0 Å². The summed E-state index contributed by atoms with van der Waals surface area (Å²) in [5, 5.41) is 0. The van der Waals surface area contributed by atoms with Gasteiger partial charge in [0.2, 0.25) is 0 Å². The summed E-state index contributed by atoms with van der Waals surface area (Å²) in [5.41, 5.74) is 1.05. The second-order valence-corrected chi connectivity index (χ2v) is 4.28. The van der Waals surface area contributed by atoms with Crippen LogP contribution in [0.1, 0.15) is 18.9 Å². The topological polar surface area (TPSA) is 52.6 Å². The van der Waals surface area contributed by atoms with E-state index >= 15 is 0 Å². The molecule has 0 unspecified atom stereocenters. The van der Waals surface area contributed by atoms with Crippen LogP contribution in [0.2, 0.25) is 0 Å². The molecule has 0 spiro atoms. The maximum atomic E-state index is 11.7. The van der Waals surface area contributed by atoms with Gasteiger partial charge in [0.1, 0.15) is 12.0 Å². The fourth-order valence-corrected chi connectivity index (χ4v) is 2.12.